The van der Waals surface area contributed by atoms with Crippen LogP contribution in [0.1, 0.15) is 5.56 Å². The summed E-state index contributed by atoms with van der Waals surface area (Å²) in [5.41, 5.74) is 4.96. The molecular weight excluding hydrogens is 420 g/mol. The van der Waals surface area contributed by atoms with Crippen LogP contribution in [0.25, 0.3) is 28.3 Å². The van der Waals surface area contributed by atoms with E-state index in [-0.39, 0.29) is 12.7 Å². The van der Waals surface area contributed by atoms with E-state index in [4.69, 9.17) is 13.9 Å². The van der Waals surface area contributed by atoms with Crippen LogP contribution in [0.3, 0.4) is 0 Å². The van der Waals surface area contributed by atoms with Crippen molar-refractivity contribution >= 4 is 5.91 Å². The maximum atomic E-state index is 11.8. The quantitative estimate of drug-likeness (QED) is 0.510. The third-order valence-corrected chi connectivity index (χ3v) is 5.93. The molecule has 4 heterocycles. The van der Waals surface area contributed by atoms with E-state index in [2.05, 4.69) is 27.4 Å². The minimum absolute atomic E-state index is 0.0484. The van der Waals surface area contributed by atoms with Gasteiger partial charge in [-0.15, -0.1) is 0 Å². The zero-order chi connectivity index (χ0) is 22.2. The molecule has 4 aromatic rings. The van der Waals surface area contributed by atoms with Gasteiger partial charge >= 0.3 is 0 Å². The van der Waals surface area contributed by atoms with Gasteiger partial charge in [-0.05, 0) is 47.5 Å². The zero-order valence-corrected chi connectivity index (χ0v) is 17.9. The predicted molar refractivity (Wildman–Crippen MR) is 121 cm³/mol. The number of carbonyl (C=O) groups is 1. The Morgan fingerprint density at radius 3 is 2.67 bits per heavy atom. The van der Waals surface area contributed by atoms with Crippen molar-refractivity contribution in [2.75, 3.05) is 26.4 Å². The number of piperazine rings is 1. The normalized spacial score (nSPS) is 15.6. The summed E-state index contributed by atoms with van der Waals surface area (Å²) in [6.45, 7) is 2.73. The van der Waals surface area contributed by atoms with Gasteiger partial charge in [0.25, 0.3) is 0 Å². The number of rotatable bonds is 5. The number of nitrogens with one attached hydrogen (secondary N) is 1. The van der Waals surface area contributed by atoms with E-state index in [0.717, 1.165) is 51.9 Å². The number of furan rings is 1. The number of benzene rings is 2. The van der Waals surface area contributed by atoms with E-state index in [1.807, 2.05) is 53.3 Å². The molecule has 2 aliphatic heterocycles. The van der Waals surface area contributed by atoms with E-state index < -0.39 is 0 Å². The summed E-state index contributed by atoms with van der Waals surface area (Å²) in [7, 11) is 0. The number of carbonyl (C=O) groups excluding carboxylic acids is 1. The Balaban J connectivity index is 1.32. The summed E-state index contributed by atoms with van der Waals surface area (Å²) in [6, 6.07) is 18.0. The van der Waals surface area contributed by atoms with Gasteiger partial charge in [0, 0.05) is 25.2 Å². The van der Waals surface area contributed by atoms with E-state index in [1.54, 1.807) is 6.26 Å². The summed E-state index contributed by atoms with van der Waals surface area (Å²) >= 11 is 0. The lowest BCUT2D eigenvalue weighted by molar-refractivity contribution is -0.124. The van der Waals surface area contributed by atoms with Crippen molar-refractivity contribution in [2.24, 2.45) is 0 Å². The van der Waals surface area contributed by atoms with Gasteiger partial charge in [0.1, 0.15) is 5.69 Å². The van der Waals surface area contributed by atoms with Gasteiger partial charge in [-0.3, -0.25) is 9.69 Å². The average molecular weight is 442 g/mol. The highest BCUT2D eigenvalue weighted by atomic mass is 16.7. The highest BCUT2D eigenvalue weighted by molar-refractivity contribution is 5.78. The first-order valence-corrected chi connectivity index (χ1v) is 10.8. The summed E-state index contributed by atoms with van der Waals surface area (Å²) < 4.78 is 18.5. The van der Waals surface area contributed by atoms with Crippen molar-refractivity contribution in [1.82, 2.24) is 20.0 Å². The first kappa shape index (κ1) is 19.6. The smallest absolute Gasteiger partial charge is 0.234 e. The number of fused-ring (bicyclic) bond motifs is 1. The lowest BCUT2D eigenvalue weighted by Crippen LogP contribution is -2.47. The van der Waals surface area contributed by atoms with Crippen molar-refractivity contribution in [3.05, 3.63) is 72.6 Å². The summed E-state index contributed by atoms with van der Waals surface area (Å²) in [5, 5.41) is 7.54. The van der Waals surface area contributed by atoms with Gasteiger partial charge in [0.05, 0.1) is 24.7 Å². The second-order valence-electron chi connectivity index (χ2n) is 8.08. The van der Waals surface area contributed by atoms with Gasteiger partial charge < -0.3 is 19.2 Å². The predicted octanol–water partition coefficient (Wildman–Crippen LogP) is 3.46. The van der Waals surface area contributed by atoms with Crippen LogP contribution >= 0.6 is 0 Å². The lowest BCUT2D eigenvalue weighted by Gasteiger charge is -2.26. The number of hydrogen-bond donors (Lipinski definition) is 1. The van der Waals surface area contributed by atoms with Crippen molar-refractivity contribution < 1.29 is 18.7 Å². The molecule has 0 unspecified atom stereocenters. The first-order valence-electron chi connectivity index (χ1n) is 10.8. The summed E-state index contributed by atoms with van der Waals surface area (Å²) in [6.07, 6.45) is 3.52. The van der Waals surface area contributed by atoms with Gasteiger partial charge in [-0.25, -0.2) is 4.68 Å². The molecule has 8 nitrogen and oxygen atoms in total. The van der Waals surface area contributed by atoms with E-state index in [9.17, 15) is 4.79 Å². The van der Waals surface area contributed by atoms with Crippen LogP contribution in [0.4, 0.5) is 0 Å². The number of amides is 1. The third kappa shape index (κ3) is 3.74. The fourth-order valence-corrected chi connectivity index (χ4v) is 4.31. The average Bonchev–Trinajstić information content (AvgIpc) is 3.59. The maximum absolute atomic E-state index is 11.8. The minimum atomic E-state index is 0.0484. The monoisotopic (exact) mass is 442 g/mol. The van der Waals surface area contributed by atoms with Crippen LogP contribution < -0.4 is 14.8 Å². The summed E-state index contributed by atoms with van der Waals surface area (Å²) in [4.78, 5) is 13.9. The Morgan fingerprint density at radius 1 is 1.00 bits per heavy atom. The molecule has 166 valence electrons. The Hall–Kier alpha value is -4.04. The number of aromatic nitrogens is 2. The first-order chi connectivity index (χ1) is 16.2. The highest BCUT2D eigenvalue weighted by Crippen LogP contribution is 2.36. The number of hydrogen-bond acceptors (Lipinski definition) is 6. The molecule has 2 aromatic heterocycles. The van der Waals surface area contributed by atoms with Crippen molar-refractivity contribution in [1.29, 1.82) is 0 Å². The molecule has 0 bridgehead atoms. The fraction of sp³-hybridized carbons (Fsp3) is 0.200. The maximum Gasteiger partial charge on any atom is 0.234 e. The van der Waals surface area contributed by atoms with Crippen LogP contribution in [-0.2, 0) is 11.3 Å². The van der Waals surface area contributed by atoms with Crippen LogP contribution in [0.2, 0.25) is 0 Å². The number of nitrogens with zero attached hydrogens (tertiary/aromatic N) is 3. The molecule has 8 heteroatoms. The molecule has 2 aliphatic rings. The van der Waals surface area contributed by atoms with Crippen LogP contribution in [0, 0.1) is 0 Å². The SMILES string of the molecule is O=C1CN(Cc2cnn(-c3ccc(-c4ccc5c(c4)OCO5)cc3)c2-c2ccco2)CCN1. The Bertz CT molecular complexity index is 1290. The van der Waals surface area contributed by atoms with E-state index in [1.165, 1.54) is 0 Å². The number of ether oxygens (including phenoxy) is 2. The third-order valence-electron chi connectivity index (χ3n) is 5.93. The van der Waals surface area contributed by atoms with Gasteiger partial charge in [0.15, 0.2) is 17.3 Å². The van der Waals surface area contributed by atoms with Crippen LogP contribution in [0.5, 0.6) is 11.5 Å². The van der Waals surface area contributed by atoms with E-state index >= 15 is 0 Å². The molecule has 33 heavy (non-hydrogen) atoms. The molecule has 0 spiro atoms. The second kappa shape index (κ2) is 8.14. The van der Waals surface area contributed by atoms with Gasteiger partial charge in [-0.1, -0.05) is 18.2 Å². The molecule has 0 atom stereocenters. The fourth-order valence-electron chi connectivity index (χ4n) is 4.31. The van der Waals surface area contributed by atoms with Gasteiger partial charge in [0.2, 0.25) is 12.7 Å². The molecule has 1 amide bonds. The Labute approximate surface area is 190 Å². The molecule has 0 aliphatic carbocycles. The molecule has 1 fully saturated rings. The Morgan fingerprint density at radius 2 is 1.85 bits per heavy atom. The van der Waals surface area contributed by atoms with E-state index in [0.29, 0.717) is 19.6 Å². The lowest BCUT2D eigenvalue weighted by atomic mass is 10.0. The van der Waals surface area contributed by atoms with Crippen LogP contribution in [0.15, 0.2) is 71.5 Å². The van der Waals surface area contributed by atoms with Crippen LogP contribution in [-0.4, -0.2) is 47.0 Å². The van der Waals surface area contributed by atoms with Crippen molar-refractivity contribution in [2.45, 2.75) is 6.54 Å². The largest absolute Gasteiger partial charge is 0.463 e. The molecule has 6 rings (SSSR count). The molecule has 1 saturated heterocycles. The topological polar surface area (TPSA) is 81.8 Å². The van der Waals surface area contributed by atoms with Crippen molar-refractivity contribution in [3.63, 3.8) is 0 Å². The molecular formula is C25H22N4O4. The standard InChI is InChI=1S/C25H22N4O4/c30-24-15-28(10-9-26-24)14-19-13-27-29(25(19)22-2-1-11-31-22)20-6-3-17(4-7-20)18-5-8-21-23(12-18)33-16-32-21/h1-8,11-13H,9-10,14-16H2,(H,26,30). The zero-order valence-electron chi connectivity index (χ0n) is 17.9. The van der Waals surface area contributed by atoms with Crippen molar-refractivity contribution in [3.8, 4) is 39.8 Å². The summed E-state index contributed by atoms with van der Waals surface area (Å²) in [5.74, 6) is 2.32. The van der Waals surface area contributed by atoms with Gasteiger partial charge in [-0.2, -0.15) is 5.10 Å². The molecule has 2 aromatic carbocycles. The molecule has 1 N–H and O–H groups in total. The Kier molecular flexibility index (Phi) is 4.84. The molecule has 0 saturated carbocycles. The highest BCUT2D eigenvalue weighted by Gasteiger charge is 2.22. The second-order valence-corrected chi connectivity index (χ2v) is 8.08. The molecule has 0 radical (unpaired) electrons. The minimum Gasteiger partial charge on any atom is -0.463 e.